The molecule has 5 nitrogen and oxygen atoms in total. The molecule has 1 aromatic heterocycles. The van der Waals surface area contributed by atoms with Crippen LogP contribution in [-0.4, -0.2) is 26.4 Å². The van der Waals surface area contributed by atoms with Crippen molar-refractivity contribution in [1.29, 1.82) is 0 Å². The number of thiocarbonyl (C=S) groups is 1. The molecule has 1 heterocycles. The molecule has 0 aliphatic rings. The molecule has 0 saturated heterocycles. The summed E-state index contributed by atoms with van der Waals surface area (Å²) >= 11 is 4.92. The fraction of sp³-hybridized carbons (Fsp3) is 0.400. The number of ether oxygens (including phenoxy) is 1. The van der Waals surface area contributed by atoms with Crippen molar-refractivity contribution >= 4 is 17.2 Å². The van der Waals surface area contributed by atoms with Crippen molar-refractivity contribution in [3.8, 4) is 5.75 Å². The van der Waals surface area contributed by atoms with Crippen LogP contribution in [0.15, 0.2) is 24.3 Å². The molecule has 112 valence electrons. The SMILES string of the molecule is CCc1nc(CC)n(CCOc2ccc(C(N)=S)cc2)n1. The highest BCUT2D eigenvalue weighted by Crippen LogP contribution is 2.12. The van der Waals surface area contributed by atoms with Gasteiger partial charge in [0.15, 0.2) is 5.82 Å². The summed E-state index contributed by atoms with van der Waals surface area (Å²) in [6, 6.07) is 7.46. The van der Waals surface area contributed by atoms with Gasteiger partial charge in [0, 0.05) is 18.4 Å². The summed E-state index contributed by atoms with van der Waals surface area (Å²) in [4.78, 5) is 4.86. The van der Waals surface area contributed by atoms with Gasteiger partial charge in [-0.1, -0.05) is 26.1 Å². The van der Waals surface area contributed by atoms with E-state index in [0.29, 0.717) is 18.1 Å². The van der Waals surface area contributed by atoms with E-state index in [4.69, 9.17) is 22.7 Å². The monoisotopic (exact) mass is 304 g/mol. The van der Waals surface area contributed by atoms with Crippen LogP contribution in [0.25, 0.3) is 0 Å². The largest absolute Gasteiger partial charge is 0.492 e. The van der Waals surface area contributed by atoms with Crippen LogP contribution in [0.3, 0.4) is 0 Å². The fourth-order valence-corrected chi connectivity index (χ4v) is 2.12. The van der Waals surface area contributed by atoms with Gasteiger partial charge < -0.3 is 10.5 Å². The van der Waals surface area contributed by atoms with Crippen molar-refractivity contribution in [3.63, 3.8) is 0 Å². The van der Waals surface area contributed by atoms with E-state index >= 15 is 0 Å². The number of rotatable bonds is 7. The molecule has 0 bridgehead atoms. The Bertz CT molecular complexity index is 607. The number of benzene rings is 1. The van der Waals surface area contributed by atoms with Crippen molar-refractivity contribution in [2.45, 2.75) is 33.2 Å². The van der Waals surface area contributed by atoms with Gasteiger partial charge in [0.2, 0.25) is 0 Å². The standard InChI is InChI=1S/C15H20N4OS/c1-3-13-17-14(4-2)19(18-13)9-10-20-12-7-5-11(6-8-12)15(16)21/h5-8H,3-4,9-10H2,1-2H3,(H2,16,21). The molecule has 0 aliphatic heterocycles. The molecule has 0 unspecified atom stereocenters. The van der Waals surface area contributed by atoms with Crippen LogP contribution in [0.4, 0.5) is 0 Å². The van der Waals surface area contributed by atoms with Crippen LogP contribution in [0.1, 0.15) is 31.1 Å². The Morgan fingerprint density at radius 3 is 2.52 bits per heavy atom. The van der Waals surface area contributed by atoms with E-state index in [1.165, 1.54) is 0 Å². The van der Waals surface area contributed by atoms with Gasteiger partial charge in [0.05, 0.1) is 6.54 Å². The zero-order valence-corrected chi connectivity index (χ0v) is 13.2. The zero-order valence-electron chi connectivity index (χ0n) is 12.4. The smallest absolute Gasteiger partial charge is 0.150 e. The van der Waals surface area contributed by atoms with Crippen LogP contribution in [0.2, 0.25) is 0 Å². The second-order valence-electron chi connectivity index (χ2n) is 4.61. The molecule has 21 heavy (non-hydrogen) atoms. The molecule has 2 rings (SSSR count). The molecule has 0 amide bonds. The molecule has 1 aromatic carbocycles. The fourth-order valence-electron chi connectivity index (χ4n) is 1.98. The van der Waals surface area contributed by atoms with Crippen LogP contribution < -0.4 is 10.5 Å². The Balaban J connectivity index is 1.92. The maximum Gasteiger partial charge on any atom is 0.150 e. The van der Waals surface area contributed by atoms with Crippen LogP contribution >= 0.6 is 12.2 Å². The number of nitrogens with two attached hydrogens (primary N) is 1. The first-order chi connectivity index (χ1) is 10.1. The van der Waals surface area contributed by atoms with Crippen molar-refractivity contribution in [3.05, 3.63) is 41.5 Å². The summed E-state index contributed by atoms with van der Waals surface area (Å²) in [6.45, 7) is 5.37. The average Bonchev–Trinajstić information content (AvgIpc) is 2.90. The van der Waals surface area contributed by atoms with Gasteiger partial charge in [-0.05, 0) is 24.3 Å². The second-order valence-corrected chi connectivity index (χ2v) is 5.05. The minimum Gasteiger partial charge on any atom is -0.492 e. The Labute approximate surface area is 130 Å². The van der Waals surface area contributed by atoms with E-state index in [1.54, 1.807) is 0 Å². The Kier molecular flexibility index (Phi) is 5.27. The lowest BCUT2D eigenvalue weighted by atomic mass is 10.2. The predicted molar refractivity (Wildman–Crippen MR) is 86.6 cm³/mol. The number of hydrogen-bond donors (Lipinski definition) is 1. The van der Waals surface area contributed by atoms with Crippen molar-refractivity contribution < 1.29 is 4.74 Å². The first-order valence-electron chi connectivity index (χ1n) is 7.09. The van der Waals surface area contributed by atoms with Gasteiger partial charge in [-0.25, -0.2) is 9.67 Å². The number of hydrogen-bond acceptors (Lipinski definition) is 4. The Morgan fingerprint density at radius 2 is 1.95 bits per heavy atom. The Hall–Kier alpha value is -1.95. The lowest BCUT2D eigenvalue weighted by molar-refractivity contribution is 0.288. The van der Waals surface area contributed by atoms with Crippen LogP contribution in [0, 0.1) is 0 Å². The zero-order chi connectivity index (χ0) is 15.2. The van der Waals surface area contributed by atoms with Gasteiger partial charge in [0.1, 0.15) is 23.2 Å². The maximum absolute atomic E-state index is 5.71. The summed E-state index contributed by atoms with van der Waals surface area (Å²) in [5.74, 6) is 2.68. The van der Waals surface area contributed by atoms with Crippen molar-refractivity contribution in [2.24, 2.45) is 5.73 Å². The molecular weight excluding hydrogens is 284 g/mol. The third-order valence-corrected chi connectivity index (χ3v) is 3.37. The third-order valence-electron chi connectivity index (χ3n) is 3.14. The van der Waals surface area contributed by atoms with Gasteiger partial charge in [-0.3, -0.25) is 0 Å². The minimum absolute atomic E-state index is 0.392. The second kappa shape index (κ2) is 7.17. The molecule has 0 saturated carbocycles. The maximum atomic E-state index is 5.71. The van der Waals surface area contributed by atoms with E-state index in [2.05, 4.69) is 23.9 Å². The average molecular weight is 304 g/mol. The summed E-state index contributed by atoms with van der Waals surface area (Å²) in [5, 5.41) is 4.46. The first-order valence-corrected chi connectivity index (χ1v) is 7.50. The molecular formula is C15H20N4OS. The van der Waals surface area contributed by atoms with E-state index in [1.807, 2.05) is 28.9 Å². The van der Waals surface area contributed by atoms with Crippen LogP contribution in [-0.2, 0) is 19.4 Å². The normalized spacial score (nSPS) is 10.6. The summed E-state index contributed by atoms with van der Waals surface area (Å²) in [6.07, 6.45) is 1.72. The molecule has 2 aromatic rings. The van der Waals surface area contributed by atoms with Crippen molar-refractivity contribution in [2.75, 3.05) is 6.61 Å². The highest BCUT2D eigenvalue weighted by atomic mass is 32.1. The van der Waals surface area contributed by atoms with Crippen molar-refractivity contribution in [1.82, 2.24) is 14.8 Å². The highest BCUT2D eigenvalue weighted by molar-refractivity contribution is 7.80. The van der Waals surface area contributed by atoms with Gasteiger partial charge in [0.25, 0.3) is 0 Å². The van der Waals surface area contributed by atoms with E-state index in [9.17, 15) is 0 Å². The van der Waals surface area contributed by atoms with E-state index in [0.717, 1.165) is 35.8 Å². The summed E-state index contributed by atoms with van der Waals surface area (Å²) in [5.41, 5.74) is 6.40. The summed E-state index contributed by atoms with van der Waals surface area (Å²) < 4.78 is 7.63. The topological polar surface area (TPSA) is 66.0 Å². The molecule has 0 spiro atoms. The quantitative estimate of drug-likeness (QED) is 0.794. The molecule has 0 radical (unpaired) electrons. The van der Waals surface area contributed by atoms with E-state index < -0.39 is 0 Å². The lowest BCUT2D eigenvalue weighted by Crippen LogP contribution is -2.12. The first kappa shape index (κ1) is 15.4. The molecule has 0 aliphatic carbocycles. The number of aryl methyl sites for hydroxylation is 2. The van der Waals surface area contributed by atoms with E-state index in [-0.39, 0.29) is 0 Å². The molecule has 2 N–H and O–H groups in total. The Morgan fingerprint density at radius 1 is 1.24 bits per heavy atom. The third kappa shape index (κ3) is 4.01. The predicted octanol–water partition coefficient (Wildman–Crippen LogP) is 2.12. The molecule has 6 heteroatoms. The summed E-state index contributed by atoms with van der Waals surface area (Å²) in [7, 11) is 0. The van der Waals surface area contributed by atoms with Gasteiger partial charge in [-0.15, -0.1) is 0 Å². The highest BCUT2D eigenvalue weighted by Gasteiger charge is 2.07. The number of aromatic nitrogens is 3. The lowest BCUT2D eigenvalue weighted by Gasteiger charge is -2.08. The van der Waals surface area contributed by atoms with Gasteiger partial charge >= 0.3 is 0 Å². The minimum atomic E-state index is 0.392. The van der Waals surface area contributed by atoms with Crippen LogP contribution in [0.5, 0.6) is 5.75 Å². The molecule has 0 atom stereocenters. The number of nitrogens with zero attached hydrogens (tertiary/aromatic N) is 3. The van der Waals surface area contributed by atoms with Gasteiger partial charge in [-0.2, -0.15) is 5.10 Å². The molecule has 0 fully saturated rings.